The summed E-state index contributed by atoms with van der Waals surface area (Å²) in [5, 5.41) is 29.6. The van der Waals surface area contributed by atoms with Crippen molar-refractivity contribution in [2.75, 3.05) is 13.1 Å². The first kappa shape index (κ1) is 52.8. The molecular weight excluding hydrogens is 883 g/mol. The summed E-state index contributed by atoms with van der Waals surface area (Å²) in [5.41, 5.74) is 5.36. The molecule has 68 heavy (non-hydrogen) atoms. The molecule has 6 rings (SSSR count). The Morgan fingerprint density at radius 1 is 0.926 bits per heavy atom. The summed E-state index contributed by atoms with van der Waals surface area (Å²) >= 11 is 1.58. The molecular formula is C53H77N5O9S. The number of likely N-dealkylation sites (tertiary alicyclic amines) is 1. The van der Waals surface area contributed by atoms with Crippen LogP contribution in [-0.2, 0) is 35.2 Å². The van der Waals surface area contributed by atoms with Gasteiger partial charge in [0.1, 0.15) is 24.3 Å². The number of carbonyl (C=O) groups is 5. The van der Waals surface area contributed by atoms with Crippen molar-refractivity contribution in [2.24, 2.45) is 29.1 Å². The zero-order valence-electron chi connectivity index (χ0n) is 41.2. The van der Waals surface area contributed by atoms with Crippen LogP contribution in [0, 0.1) is 36.0 Å². The highest BCUT2D eigenvalue weighted by atomic mass is 32.1. The van der Waals surface area contributed by atoms with Crippen molar-refractivity contribution in [3.63, 3.8) is 0 Å². The summed E-state index contributed by atoms with van der Waals surface area (Å²) < 4.78 is 11.7. The third-order valence-corrected chi connectivity index (χ3v) is 15.2. The maximum absolute atomic E-state index is 14.0. The van der Waals surface area contributed by atoms with E-state index in [9.17, 15) is 34.2 Å². The lowest BCUT2D eigenvalue weighted by atomic mass is 9.65. The maximum Gasteiger partial charge on any atom is 0.407 e. The van der Waals surface area contributed by atoms with Gasteiger partial charge in [0.25, 0.3) is 0 Å². The summed E-state index contributed by atoms with van der Waals surface area (Å²) in [6, 6.07) is 6.23. The second-order valence-electron chi connectivity index (χ2n) is 21.0. The van der Waals surface area contributed by atoms with Crippen molar-refractivity contribution in [1.29, 1.82) is 0 Å². The highest BCUT2D eigenvalue weighted by Crippen LogP contribution is 2.45. The van der Waals surface area contributed by atoms with Gasteiger partial charge < -0.3 is 40.5 Å². The van der Waals surface area contributed by atoms with Gasteiger partial charge in [-0.15, -0.1) is 11.3 Å². The Morgan fingerprint density at radius 2 is 1.63 bits per heavy atom. The molecule has 2 aliphatic carbocycles. The normalized spacial score (nSPS) is 26.3. The smallest absolute Gasteiger partial charge is 0.407 e. The standard InChI is InChI=1S/C53H77N5O9S/c1-33-25-38-19-16-34(2)42(23-22-41-27-39(59)29-46(62)66-41)47(38)44(26-33)67-52(65)54-24-14-12-10-8-7-9-11-13-15-45(61)57-49(53(4,5)6)51(64)58-31-40(60)28-43(58)50(63)55-30-36-17-20-37(21-18-36)48-35(3)56-32-68-48/h16-21,25,32-34,39-44,47,49,59-60H,7-15,22-24,26-31H2,1-6H3,(H,54,65)(H,55,63)(H,57,61)/t33-,34-,39+,40+,41+,42-,43-,44-,47-,49-/m0/s1. The van der Waals surface area contributed by atoms with Crippen LogP contribution in [0.2, 0.25) is 0 Å². The van der Waals surface area contributed by atoms with Gasteiger partial charge in [-0.1, -0.05) is 116 Å². The number of nitrogens with one attached hydrogen (secondary N) is 3. The molecule has 2 fully saturated rings. The number of thiazole rings is 1. The summed E-state index contributed by atoms with van der Waals surface area (Å²) in [5.74, 6) is -0.370. The predicted molar refractivity (Wildman–Crippen MR) is 263 cm³/mol. The molecule has 0 bridgehead atoms. The van der Waals surface area contributed by atoms with Crippen LogP contribution in [0.25, 0.3) is 10.4 Å². The molecule has 15 heteroatoms. The zero-order valence-corrected chi connectivity index (χ0v) is 42.0. The molecule has 3 heterocycles. The van der Waals surface area contributed by atoms with Crippen LogP contribution in [-0.4, -0.2) is 99.5 Å². The number of nitrogens with zero attached hydrogens (tertiary/aromatic N) is 2. The topological polar surface area (TPSA) is 196 Å². The number of ether oxygens (including phenoxy) is 2. The number of aryl methyl sites for hydroxylation is 1. The molecule has 2 saturated heterocycles. The van der Waals surface area contributed by atoms with E-state index in [1.54, 1.807) is 11.3 Å². The van der Waals surface area contributed by atoms with Crippen molar-refractivity contribution >= 4 is 41.1 Å². The summed E-state index contributed by atoms with van der Waals surface area (Å²) in [6.45, 7) is 12.9. The fourth-order valence-electron chi connectivity index (χ4n) is 10.5. The number of unbranched alkanes of at least 4 members (excludes halogenated alkanes) is 7. The fraction of sp³-hybridized carbons (Fsp3) is 0.660. The number of amides is 4. The Labute approximate surface area is 407 Å². The van der Waals surface area contributed by atoms with Crippen LogP contribution in [0.3, 0.4) is 0 Å². The molecule has 374 valence electrons. The van der Waals surface area contributed by atoms with Crippen molar-refractivity contribution in [3.8, 4) is 10.4 Å². The number of carbonyl (C=O) groups excluding carboxylic acids is 5. The predicted octanol–water partition coefficient (Wildman–Crippen LogP) is 8.08. The molecule has 4 aliphatic rings. The molecule has 0 saturated carbocycles. The van der Waals surface area contributed by atoms with Gasteiger partial charge in [0, 0.05) is 44.8 Å². The number of aliphatic hydroxyl groups excluding tert-OH is 2. The first-order valence-electron chi connectivity index (χ1n) is 25.2. The highest BCUT2D eigenvalue weighted by molar-refractivity contribution is 7.13. The van der Waals surface area contributed by atoms with Gasteiger partial charge in [-0.05, 0) is 78.9 Å². The van der Waals surface area contributed by atoms with E-state index in [0.717, 1.165) is 79.5 Å². The van der Waals surface area contributed by atoms with E-state index in [1.807, 2.05) is 57.5 Å². The summed E-state index contributed by atoms with van der Waals surface area (Å²) in [4.78, 5) is 72.5. The van der Waals surface area contributed by atoms with E-state index >= 15 is 0 Å². The fourth-order valence-corrected chi connectivity index (χ4v) is 11.3. The molecule has 14 nitrogen and oxygen atoms in total. The van der Waals surface area contributed by atoms with Crippen molar-refractivity contribution in [3.05, 3.63) is 64.8 Å². The number of alkyl carbamates (subject to hydrolysis) is 1. The van der Waals surface area contributed by atoms with Crippen LogP contribution >= 0.6 is 11.3 Å². The average Bonchev–Trinajstić information content (AvgIpc) is 3.90. The minimum absolute atomic E-state index is 0.0284. The molecule has 1 aromatic carbocycles. The number of rotatable bonds is 21. The number of cyclic esters (lactones) is 1. The van der Waals surface area contributed by atoms with Gasteiger partial charge in [0.05, 0.1) is 34.7 Å². The largest absolute Gasteiger partial charge is 0.462 e. The van der Waals surface area contributed by atoms with Crippen LogP contribution in [0.15, 0.2) is 53.6 Å². The number of aromatic nitrogens is 1. The third kappa shape index (κ3) is 15.0. The van der Waals surface area contributed by atoms with Crippen LogP contribution in [0.5, 0.6) is 0 Å². The lowest BCUT2D eigenvalue weighted by Crippen LogP contribution is -2.57. The lowest BCUT2D eigenvalue weighted by molar-refractivity contribution is -0.160. The molecule has 5 N–H and O–H groups in total. The van der Waals surface area contributed by atoms with Gasteiger partial charge in [-0.2, -0.15) is 0 Å². The van der Waals surface area contributed by atoms with E-state index in [1.165, 1.54) is 10.5 Å². The van der Waals surface area contributed by atoms with E-state index in [4.69, 9.17) is 9.47 Å². The Morgan fingerprint density at radius 3 is 2.31 bits per heavy atom. The van der Waals surface area contributed by atoms with E-state index < -0.39 is 29.7 Å². The third-order valence-electron chi connectivity index (χ3n) is 14.2. The number of hydrogen-bond acceptors (Lipinski definition) is 11. The molecule has 2 aliphatic heterocycles. The van der Waals surface area contributed by atoms with Crippen LogP contribution in [0.4, 0.5) is 4.79 Å². The molecule has 10 atom stereocenters. The van der Waals surface area contributed by atoms with Crippen molar-refractivity contribution < 1.29 is 43.7 Å². The summed E-state index contributed by atoms with van der Waals surface area (Å²) in [7, 11) is 0. The number of esters is 1. The quantitative estimate of drug-likeness (QED) is 0.0603. The van der Waals surface area contributed by atoms with Gasteiger partial charge in [0.2, 0.25) is 17.7 Å². The van der Waals surface area contributed by atoms with Crippen LogP contribution in [0.1, 0.15) is 142 Å². The molecule has 0 spiro atoms. The number of aliphatic hydroxyl groups is 2. The lowest BCUT2D eigenvalue weighted by Gasteiger charge is -2.43. The van der Waals surface area contributed by atoms with E-state index in [-0.39, 0.29) is 91.6 Å². The number of fused-ring (bicyclic) bond motifs is 1. The number of β-amino-alcohol motifs (C(OH)–C–C–N with tert-alkyl or cyclic N) is 1. The average molecular weight is 960 g/mol. The van der Waals surface area contributed by atoms with E-state index in [0.29, 0.717) is 32.2 Å². The molecule has 0 radical (unpaired) electrons. The number of allylic oxidation sites excluding steroid dienone is 3. The molecule has 2 aromatic rings. The molecule has 4 amide bonds. The number of benzene rings is 1. The van der Waals surface area contributed by atoms with Gasteiger partial charge in [0.15, 0.2) is 0 Å². The second kappa shape index (κ2) is 24.8. The van der Waals surface area contributed by atoms with Gasteiger partial charge >= 0.3 is 12.1 Å². The second-order valence-corrected chi connectivity index (χ2v) is 21.8. The van der Waals surface area contributed by atoms with Crippen LogP contribution < -0.4 is 16.0 Å². The Hall–Kier alpha value is -4.60. The highest BCUT2D eigenvalue weighted by Gasteiger charge is 2.45. The molecule has 1 aromatic heterocycles. The van der Waals surface area contributed by atoms with Crippen molar-refractivity contribution in [2.45, 2.75) is 181 Å². The zero-order chi connectivity index (χ0) is 49.0. The number of hydrogen-bond donors (Lipinski definition) is 5. The Kier molecular flexibility index (Phi) is 19.2. The molecule has 0 unspecified atom stereocenters. The minimum Gasteiger partial charge on any atom is -0.462 e. The maximum atomic E-state index is 14.0. The van der Waals surface area contributed by atoms with Gasteiger partial charge in [-0.25, -0.2) is 9.78 Å². The first-order valence-corrected chi connectivity index (χ1v) is 26.1. The van der Waals surface area contributed by atoms with Crippen molar-refractivity contribution in [1.82, 2.24) is 25.8 Å². The summed E-state index contributed by atoms with van der Waals surface area (Å²) in [6.07, 6.45) is 15.1. The van der Waals surface area contributed by atoms with E-state index in [2.05, 4.69) is 53.0 Å². The first-order chi connectivity index (χ1) is 32.5. The Balaban J connectivity index is 0.842. The monoisotopic (exact) mass is 960 g/mol. The Bertz CT molecular complexity index is 2080. The SMILES string of the molecule is Cc1ncsc1-c1ccc(CNC(=O)[C@@H]2C[C@@H](O)CN2C(=O)[C@H](NC(=O)CCCCCCCCCCNC(=O)O[C@H]2C[C@@H](C)C=C3C=C[C@H](C)[C@H](CC[C@@H]4C[C@@H](O)CC(=O)O4)[C@H]32)C(C)(C)C)cc1. The minimum atomic E-state index is -0.857. The van der Waals surface area contributed by atoms with Gasteiger partial charge in [-0.3, -0.25) is 19.2 Å².